The van der Waals surface area contributed by atoms with E-state index >= 15 is 0 Å². The zero-order valence-electron chi connectivity index (χ0n) is 25.3. The summed E-state index contributed by atoms with van der Waals surface area (Å²) in [4.78, 5) is 33.2. The summed E-state index contributed by atoms with van der Waals surface area (Å²) in [6, 6.07) is 26.3. The summed E-state index contributed by atoms with van der Waals surface area (Å²) in [5.74, 6) is 0.697. The lowest BCUT2D eigenvalue weighted by atomic mass is 9.95. The van der Waals surface area contributed by atoms with Crippen LogP contribution < -0.4 is 29.7 Å². The van der Waals surface area contributed by atoms with E-state index in [-0.39, 0.29) is 23.9 Å². The molecule has 5 aromatic rings. The molecule has 0 bridgehead atoms. The van der Waals surface area contributed by atoms with E-state index in [1.807, 2.05) is 79.7 Å². The first-order chi connectivity index (χ1) is 22.7. The summed E-state index contributed by atoms with van der Waals surface area (Å²) in [5, 5.41) is 2.98. The number of rotatable bonds is 9. The van der Waals surface area contributed by atoms with E-state index in [4.69, 9.17) is 14.5 Å². The molecule has 1 aromatic heterocycles. The number of thiazole rings is 1. The van der Waals surface area contributed by atoms with Crippen molar-refractivity contribution in [3.63, 3.8) is 0 Å². The topological polar surface area (TPSA) is 81.9 Å². The van der Waals surface area contributed by atoms with E-state index in [1.165, 1.54) is 17.4 Å². The number of nitrogens with one attached hydrogen (secondary N) is 1. The number of nitrogens with zero attached hydrogens (tertiary/aromatic N) is 2. The maximum absolute atomic E-state index is 14.2. The Morgan fingerprint density at radius 3 is 2.36 bits per heavy atom. The molecule has 2 heterocycles. The number of allylic oxidation sites excluding steroid dienone is 1. The van der Waals surface area contributed by atoms with Crippen molar-refractivity contribution in [3.8, 4) is 11.5 Å². The van der Waals surface area contributed by atoms with Gasteiger partial charge in [-0.05, 0) is 119 Å². The van der Waals surface area contributed by atoms with Gasteiger partial charge in [-0.3, -0.25) is 14.2 Å². The minimum Gasteiger partial charge on any atom is -0.494 e. The third-order valence-electron chi connectivity index (χ3n) is 7.45. The van der Waals surface area contributed by atoms with Gasteiger partial charge in [-0.25, -0.2) is 9.38 Å². The SMILES string of the molecule is CCOc1ccc([C@H]2C(C(=O)Nc3ccccc3)=C(C)N=c3s/c(=C\c4cc(I)c(OCc5ccccc5F)c(I)c4)c(=O)n32)cc1. The quantitative estimate of drug-likeness (QED) is 0.159. The second kappa shape index (κ2) is 14.5. The summed E-state index contributed by atoms with van der Waals surface area (Å²) in [6.45, 7) is 4.33. The molecule has 1 amide bonds. The van der Waals surface area contributed by atoms with Crippen molar-refractivity contribution in [2.45, 2.75) is 26.5 Å². The highest BCUT2D eigenvalue weighted by Crippen LogP contribution is 2.33. The van der Waals surface area contributed by atoms with Crippen molar-refractivity contribution < 1.29 is 18.7 Å². The average Bonchev–Trinajstić information content (AvgIpc) is 3.35. The van der Waals surface area contributed by atoms with Crippen molar-refractivity contribution in [2.75, 3.05) is 11.9 Å². The Hall–Kier alpha value is -3.82. The van der Waals surface area contributed by atoms with E-state index in [0.717, 1.165) is 18.3 Å². The number of benzene rings is 4. The number of aromatic nitrogens is 1. The van der Waals surface area contributed by atoms with Crippen molar-refractivity contribution in [1.29, 1.82) is 0 Å². The van der Waals surface area contributed by atoms with Gasteiger partial charge in [-0.15, -0.1) is 0 Å². The molecule has 0 saturated heterocycles. The number of hydrogen-bond donors (Lipinski definition) is 1. The zero-order chi connectivity index (χ0) is 33.1. The minimum absolute atomic E-state index is 0.0989. The summed E-state index contributed by atoms with van der Waals surface area (Å²) in [5.41, 5.74) is 3.34. The van der Waals surface area contributed by atoms with Crippen LogP contribution in [0.5, 0.6) is 11.5 Å². The average molecular weight is 872 g/mol. The Balaban J connectivity index is 1.39. The molecule has 47 heavy (non-hydrogen) atoms. The number of para-hydroxylation sites is 1. The van der Waals surface area contributed by atoms with E-state index in [2.05, 4.69) is 50.5 Å². The number of fused-ring (bicyclic) bond motifs is 1. The van der Waals surface area contributed by atoms with Crippen LogP contribution in [0.25, 0.3) is 6.08 Å². The van der Waals surface area contributed by atoms with Crippen LogP contribution in [0.4, 0.5) is 10.1 Å². The van der Waals surface area contributed by atoms with Crippen LogP contribution in [-0.4, -0.2) is 17.1 Å². The number of halogens is 3. The maximum atomic E-state index is 14.2. The summed E-state index contributed by atoms with van der Waals surface area (Å²) < 4.78 is 29.5. The molecule has 0 radical (unpaired) electrons. The largest absolute Gasteiger partial charge is 0.494 e. The fraction of sp³-hybridized carbons (Fsp3) is 0.139. The Morgan fingerprint density at radius 1 is 1.00 bits per heavy atom. The lowest BCUT2D eigenvalue weighted by Crippen LogP contribution is -2.40. The van der Waals surface area contributed by atoms with Gasteiger partial charge in [0.2, 0.25) is 0 Å². The van der Waals surface area contributed by atoms with Gasteiger partial charge in [0.15, 0.2) is 4.80 Å². The number of hydrogen-bond acceptors (Lipinski definition) is 6. The lowest BCUT2D eigenvalue weighted by molar-refractivity contribution is -0.113. The van der Waals surface area contributed by atoms with Gasteiger partial charge < -0.3 is 14.8 Å². The van der Waals surface area contributed by atoms with Crippen molar-refractivity contribution in [3.05, 3.63) is 152 Å². The Morgan fingerprint density at radius 2 is 1.68 bits per heavy atom. The molecule has 1 atom stereocenters. The molecular weight excluding hydrogens is 843 g/mol. The molecule has 1 aliphatic heterocycles. The highest BCUT2D eigenvalue weighted by Gasteiger charge is 2.32. The molecule has 1 N–H and O–H groups in total. The second-order valence-corrected chi connectivity index (χ2v) is 13.9. The highest BCUT2D eigenvalue weighted by atomic mass is 127. The van der Waals surface area contributed by atoms with Crippen LogP contribution in [0.3, 0.4) is 0 Å². The van der Waals surface area contributed by atoms with Crippen molar-refractivity contribution in [2.24, 2.45) is 4.99 Å². The first-order valence-electron chi connectivity index (χ1n) is 14.7. The Kier molecular flexibility index (Phi) is 10.2. The molecule has 11 heteroatoms. The predicted octanol–water partition coefficient (Wildman–Crippen LogP) is 7.20. The maximum Gasteiger partial charge on any atom is 0.271 e. The van der Waals surface area contributed by atoms with E-state index < -0.39 is 6.04 Å². The Labute approximate surface area is 301 Å². The zero-order valence-corrected chi connectivity index (χ0v) is 30.4. The molecule has 0 saturated carbocycles. The monoisotopic (exact) mass is 871 g/mol. The van der Waals surface area contributed by atoms with E-state index in [9.17, 15) is 14.0 Å². The van der Waals surface area contributed by atoms with Gasteiger partial charge in [0.1, 0.15) is 23.9 Å². The fourth-order valence-corrected chi connectivity index (χ4v) is 8.45. The molecule has 0 unspecified atom stereocenters. The van der Waals surface area contributed by atoms with Gasteiger partial charge in [0.25, 0.3) is 11.5 Å². The van der Waals surface area contributed by atoms with E-state index in [0.29, 0.717) is 50.0 Å². The molecule has 6 rings (SSSR count). The van der Waals surface area contributed by atoms with Crippen LogP contribution >= 0.6 is 56.5 Å². The summed E-state index contributed by atoms with van der Waals surface area (Å²) in [6.07, 6.45) is 1.83. The standard InChI is InChI=1S/C36H28FI2N3O4S/c1-3-45-26-15-13-23(14-16-26)32-31(34(43)41-25-10-5-4-6-11-25)21(2)40-36-42(32)35(44)30(47-36)19-22-17-28(38)33(29(39)18-22)46-20-24-9-7-8-12-27(24)37/h4-19,32H,3,20H2,1-2H3,(H,41,43)/b30-19-/t32-/m0/s1. The van der Waals surface area contributed by atoms with Gasteiger partial charge in [0, 0.05) is 11.3 Å². The molecule has 4 aromatic carbocycles. The van der Waals surface area contributed by atoms with Crippen LogP contribution in [0.15, 0.2) is 112 Å². The number of carbonyl (C=O) groups excluding carboxylic acids is 1. The molecule has 0 fully saturated rings. The first kappa shape index (κ1) is 33.1. The van der Waals surface area contributed by atoms with Gasteiger partial charge in [-0.2, -0.15) is 0 Å². The number of carbonyl (C=O) groups is 1. The molecule has 0 spiro atoms. The summed E-state index contributed by atoms with van der Waals surface area (Å²) >= 11 is 5.65. The second-order valence-electron chi connectivity index (χ2n) is 10.6. The first-order valence-corrected chi connectivity index (χ1v) is 17.7. The third kappa shape index (κ3) is 7.21. The van der Waals surface area contributed by atoms with Crippen LogP contribution in [0.1, 0.15) is 36.6 Å². The van der Waals surface area contributed by atoms with Gasteiger partial charge in [-0.1, -0.05) is 59.9 Å². The number of amides is 1. The predicted molar refractivity (Wildman–Crippen MR) is 199 cm³/mol. The van der Waals surface area contributed by atoms with Crippen molar-refractivity contribution in [1.82, 2.24) is 4.57 Å². The smallest absolute Gasteiger partial charge is 0.271 e. The minimum atomic E-state index is -0.706. The van der Waals surface area contributed by atoms with Gasteiger partial charge >= 0.3 is 0 Å². The molecule has 238 valence electrons. The molecule has 0 aliphatic carbocycles. The van der Waals surface area contributed by atoms with Crippen LogP contribution in [0.2, 0.25) is 0 Å². The van der Waals surface area contributed by atoms with Crippen LogP contribution in [0, 0.1) is 13.0 Å². The van der Waals surface area contributed by atoms with Crippen LogP contribution in [-0.2, 0) is 11.4 Å². The Bertz CT molecular complexity index is 2160. The molecule has 1 aliphatic rings. The molecular formula is C36H28FI2N3O4S. The summed E-state index contributed by atoms with van der Waals surface area (Å²) in [7, 11) is 0. The van der Waals surface area contributed by atoms with Gasteiger partial charge in [0.05, 0.1) is 35.6 Å². The third-order valence-corrected chi connectivity index (χ3v) is 10.0. The lowest BCUT2D eigenvalue weighted by Gasteiger charge is -2.25. The highest BCUT2D eigenvalue weighted by molar-refractivity contribution is 14.1. The van der Waals surface area contributed by atoms with Crippen molar-refractivity contribution >= 4 is 74.2 Å². The molecule has 7 nitrogen and oxygen atoms in total. The normalized spacial score (nSPS) is 14.4. The fourth-order valence-electron chi connectivity index (χ4n) is 5.28. The van der Waals surface area contributed by atoms with E-state index in [1.54, 1.807) is 29.7 Å². The number of anilines is 1. The number of ether oxygens (including phenoxy) is 2.